The second kappa shape index (κ2) is 8.57. The van der Waals surface area contributed by atoms with E-state index in [0.29, 0.717) is 59.0 Å². The van der Waals surface area contributed by atoms with Crippen molar-refractivity contribution in [2.75, 3.05) is 19.8 Å². The van der Waals surface area contributed by atoms with Crippen molar-refractivity contribution in [3.63, 3.8) is 0 Å². The first kappa shape index (κ1) is 21.7. The van der Waals surface area contributed by atoms with E-state index in [-0.39, 0.29) is 12.0 Å². The molecule has 0 fully saturated rings. The van der Waals surface area contributed by atoms with Crippen molar-refractivity contribution in [1.82, 2.24) is 0 Å². The Morgan fingerprint density at radius 2 is 1.81 bits per heavy atom. The number of aryl methyl sites for hydroxylation is 1. The lowest BCUT2D eigenvalue weighted by molar-refractivity contribution is -0.157. The number of benzene rings is 2. The van der Waals surface area contributed by atoms with E-state index in [1.165, 1.54) is 6.26 Å². The molecule has 0 saturated heterocycles. The number of hydrogen-bond donors (Lipinski definition) is 0. The fraction of sp³-hybridized carbons (Fsp3) is 0.360. The molecule has 3 aromatic rings. The first-order valence-corrected chi connectivity index (χ1v) is 10.6. The number of ether oxygens (including phenoxy) is 4. The Labute approximate surface area is 185 Å². The standard InChI is InChI=1S/C25H26O7/c1-5-15-10-17-21(12-20(15)31-14-23(26)32-25(2,3)4)30-13-18(24(17)27)16-6-7-19-22(11-16)29-9-8-28-19/h6-7,10-13H,5,8-9,14H2,1-4H3. The van der Waals surface area contributed by atoms with Crippen molar-refractivity contribution >= 4 is 16.9 Å². The molecule has 0 aliphatic carbocycles. The van der Waals surface area contributed by atoms with Crippen molar-refractivity contribution in [3.05, 3.63) is 52.4 Å². The van der Waals surface area contributed by atoms with E-state index in [4.69, 9.17) is 23.4 Å². The summed E-state index contributed by atoms with van der Waals surface area (Å²) in [5.74, 6) is 1.29. The zero-order valence-corrected chi connectivity index (χ0v) is 18.7. The van der Waals surface area contributed by atoms with E-state index in [9.17, 15) is 9.59 Å². The number of hydrogen-bond acceptors (Lipinski definition) is 7. The predicted octanol–water partition coefficient (Wildman–Crippen LogP) is 4.51. The van der Waals surface area contributed by atoms with Gasteiger partial charge < -0.3 is 23.4 Å². The van der Waals surface area contributed by atoms with Crippen LogP contribution >= 0.6 is 0 Å². The quantitative estimate of drug-likeness (QED) is 0.542. The van der Waals surface area contributed by atoms with E-state index >= 15 is 0 Å². The summed E-state index contributed by atoms with van der Waals surface area (Å²) >= 11 is 0. The van der Waals surface area contributed by atoms with Gasteiger partial charge in [0.25, 0.3) is 0 Å². The second-order valence-electron chi connectivity index (χ2n) is 8.52. The summed E-state index contributed by atoms with van der Waals surface area (Å²) in [7, 11) is 0. The Bertz CT molecular complexity index is 1220. The summed E-state index contributed by atoms with van der Waals surface area (Å²) in [5.41, 5.74) is 1.55. The third kappa shape index (κ3) is 4.56. The van der Waals surface area contributed by atoms with E-state index in [1.54, 1.807) is 45.0 Å². The Kier molecular flexibility index (Phi) is 5.82. The van der Waals surface area contributed by atoms with Crippen molar-refractivity contribution < 1.29 is 28.2 Å². The van der Waals surface area contributed by atoms with Crippen LogP contribution in [-0.2, 0) is 16.0 Å². The van der Waals surface area contributed by atoms with Gasteiger partial charge in [-0.15, -0.1) is 0 Å². The fourth-order valence-electron chi connectivity index (χ4n) is 3.53. The molecule has 4 rings (SSSR count). The van der Waals surface area contributed by atoms with Crippen LogP contribution in [0.15, 0.2) is 45.8 Å². The highest BCUT2D eigenvalue weighted by Crippen LogP contribution is 2.34. The maximum atomic E-state index is 13.3. The lowest BCUT2D eigenvalue weighted by Gasteiger charge is -2.20. The summed E-state index contributed by atoms with van der Waals surface area (Å²) < 4.78 is 27.9. The first-order chi connectivity index (χ1) is 15.2. The largest absolute Gasteiger partial charge is 0.486 e. The molecule has 0 bridgehead atoms. The summed E-state index contributed by atoms with van der Waals surface area (Å²) in [4.78, 5) is 25.3. The average Bonchev–Trinajstić information content (AvgIpc) is 2.76. The van der Waals surface area contributed by atoms with Crippen LogP contribution in [0.2, 0.25) is 0 Å². The molecule has 2 heterocycles. The van der Waals surface area contributed by atoms with Crippen molar-refractivity contribution in [2.45, 2.75) is 39.7 Å². The van der Waals surface area contributed by atoms with Crippen molar-refractivity contribution in [2.24, 2.45) is 0 Å². The van der Waals surface area contributed by atoms with Crippen LogP contribution in [0.4, 0.5) is 0 Å². The van der Waals surface area contributed by atoms with Gasteiger partial charge in [-0.1, -0.05) is 13.0 Å². The molecular weight excluding hydrogens is 412 g/mol. The van der Waals surface area contributed by atoms with E-state index in [0.717, 1.165) is 5.56 Å². The Hall–Kier alpha value is -3.48. The van der Waals surface area contributed by atoms with Gasteiger partial charge in [0.05, 0.1) is 10.9 Å². The molecule has 168 valence electrons. The summed E-state index contributed by atoms with van der Waals surface area (Å²) in [6, 6.07) is 8.79. The Morgan fingerprint density at radius 1 is 1.06 bits per heavy atom. The van der Waals surface area contributed by atoms with Crippen LogP contribution in [-0.4, -0.2) is 31.4 Å². The van der Waals surface area contributed by atoms with Gasteiger partial charge in [0.15, 0.2) is 18.1 Å². The van der Waals surface area contributed by atoms with Crippen LogP contribution in [0.5, 0.6) is 17.2 Å². The molecule has 0 amide bonds. The number of carbonyl (C=O) groups excluding carboxylic acids is 1. The maximum absolute atomic E-state index is 13.3. The molecular formula is C25H26O7. The number of esters is 1. The number of carbonyl (C=O) groups is 1. The zero-order valence-electron chi connectivity index (χ0n) is 18.7. The van der Waals surface area contributed by atoms with Gasteiger partial charge in [-0.05, 0) is 56.5 Å². The van der Waals surface area contributed by atoms with Crippen LogP contribution in [0, 0.1) is 0 Å². The van der Waals surface area contributed by atoms with Crippen molar-refractivity contribution in [3.8, 4) is 28.4 Å². The minimum absolute atomic E-state index is 0.156. The minimum atomic E-state index is -0.589. The highest BCUT2D eigenvalue weighted by molar-refractivity contribution is 5.84. The van der Waals surface area contributed by atoms with E-state index in [1.807, 2.05) is 13.0 Å². The monoisotopic (exact) mass is 438 g/mol. The molecule has 2 aromatic carbocycles. The Balaban J connectivity index is 1.66. The van der Waals surface area contributed by atoms with Gasteiger partial charge in [-0.2, -0.15) is 0 Å². The normalized spacial score (nSPS) is 13.1. The molecule has 7 nitrogen and oxygen atoms in total. The lowest BCUT2D eigenvalue weighted by atomic mass is 10.0. The highest BCUT2D eigenvalue weighted by Gasteiger charge is 2.19. The molecule has 0 atom stereocenters. The van der Waals surface area contributed by atoms with Crippen LogP contribution in [0.3, 0.4) is 0 Å². The summed E-state index contributed by atoms with van der Waals surface area (Å²) in [6.07, 6.45) is 2.05. The maximum Gasteiger partial charge on any atom is 0.344 e. The van der Waals surface area contributed by atoms with Gasteiger partial charge in [0.1, 0.15) is 36.4 Å². The Morgan fingerprint density at radius 3 is 2.53 bits per heavy atom. The molecule has 32 heavy (non-hydrogen) atoms. The first-order valence-electron chi connectivity index (χ1n) is 10.6. The SMILES string of the molecule is CCc1cc2c(=O)c(-c3ccc4c(c3)OCCO4)coc2cc1OCC(=O)OC(C)(C)C. The van der Waals surface area contributed by atoms with Crippen molar-refractivity contribution in [1.29, 1.82) is 0 Å². The van der Waals surface area contributed by atoms with Crippen LogP contribution < -0.4 is 19.6 Å². The summed E-state index contributed by atoms with van der Waals surface area (Å²) in [5, 5.41) is 0.443. The molecule has 1 aliphatic heterocycles. The average molecular weight is 438 g/mol. The third-order valence-corrected chi connectivity index (χ3v) is 4.96. The molecule has 7 heteroatoms. The second-order valence-corrected chi connectivity index (χ2v) is 8.52. The fourth-order valence-corrected chi connectivity index (χ4v) is 3.53. The molecule has 1 aliphatic rings. The van der Waals surface area contributed by atoms with E-state index in [2.05, 4.69) is 0 Å². The van der Waals surface area contributed by atoms with Gasteiger partial charge in [-0.3, -0.25) is 4.79 Å². The smallest absolute Gasteiger partial charge is 0.344 e. The molecule has 0 radical (unpaired) electrons. The summed E-state index contributed by atoms with van der Waals surface area (Å²) in [6.45, 7) is 8.09. The van der Waals surface area contributed by atoms with Gasteiger partial charge in [-0.25, -0.2) is 4.79 Å². The predicted molar refractivity (Wildman–Crippen MR) is 120 cm³/mol. The highest BCUT2D eigenvalue weighted by atomic mass is 16.6. The molecule has 0 spiro atoms. The number of fused-ring (bicyclic) bond motifs is 2. The van der Waals surface area contributed by atoms with Gasteiger partial charge >= 0.3 is 5.97 Å². The number of rotatable bonds is 5. The van der Waals surface area contributed by atoms with Gasteiger partial charge in [0, 0.05) is 6.07 Å². The minimum Gasteiger partial charge on any atom is -0.486 e. The molecule has 0 saturated carbocycles. The zero-order chi connectivity index (χ0) is 22.9. The van der Waals surface area contributed by atoms with Gasteiger partial charge in [0.2, 0.25) is 5.43 Å². The molecule has 0 unspecified atom stereocenters. The van der Waals surface area contributed by atoms with Crippen LogP contribution in [0.1, 0.15) is 33.3 Å². The van der Waals surface area contributed by atoms with Crippen LogP contribution in [0.25, 0.3) is 22.1 Å². The molecule has 1 aromatic heterocycles. The topological polar surface area (TPSA) is 84.2 Å². The van der Waals surface area contributed by atoms with E-state index < -0.39 is 11.6 Å². The molecule has 0 N–H and O–H groups in total. The lowest BCUT2D eigenvalue weighted by Crippen LogP contribution is -2.27. The third-order valence-electron chi connectivity index (χ3n) is 4.96.